The lowest BCUT2D eigenvalue weighted by molar-refractivity contribution is 0.0698. The van der Waals surface area contributed by atoms with Crippen LogP contribution in [0.5, 0.6) is 0 Å². The largest absolute Gasteiger partial charge is 0.478 e. The van der Waals surface area contributed by atoms with Gasteiger partial charge < -0.3 is 10.4 Å². The van der Waals surface area contributed by atoms with Crippen molar-refractivity contribution in [1.29, 1.82) is 0 Å². The fourth-order valence-corrected chi connectivity index (χ4v) is 2.47. The summed E-state index contributed by atoms with van der Waals surface area (Å²) in [5.74, 6) is -1.49. The van der Waals surface area contributed by atoms with Gasteiger partial charge in [0.15, 0.2) is 0 Å². The summed E-state index contributed by atoms with van der Waals surface area (Å²) in [5, 5.41) is 12.3. The van der Waals surface area contributed by atoms with Crippen molar-refractivity contribution in [2.24, 2.45) is 0 Å². The molecule has 0 saturated heterocycles. The first kappa shape index (κ1) is 15.5. The number of aryl methyl sites for hydroxylation is 1. The Morgan fingerprint density at radius 2 is 1.81 bits per heavy atom. The van der Waals surface area contributed by atoms with Crippen LogP contribution >= 0.6 is 27.5 Å². The Kier molecular flexibility index (Phi) is 4.65. The molecule has 0 spiro atoms. The lowest BCUT2D eigenvalue weighted by Crippen LogP contribution is -2.16. The summed E-state index contributed by atoms with van der Waals surface area (Å²) in [6, 6.07) is 9.47. The van der Waals surface area contributed by atoms with Crippen LogP contribution in [0.1, 0.15) is 26.3 Å². The van der Waals surface area contributed by atoms with Gasteiger partial charge in [0, 0.05) is 15.1 Å². The number of hydrogen-bond donors (Lipinski definition) is 2. The zero-order chi connectivity index (χ0) is 15.6. The normalized spacial score (nSPS) is 10.2. The monoisotopic (exact) mass is 367 g/mol. The third kappa shape index (κ3) is 3.62. The van der Waals surface area contributed by atoms with Gasteiger partial charge in [0.2, 0.25) is 0 Å². The summed E-state index contributed by atoms with van der Waals surface area (Å²) in [4.78, 5) is 23.4. The molecule has 1 amide bonds. The predicted molar refractivity (Wildman–Crippen MR) is 85.2 cm³/mol. The highest BCUT2D eigenvalue weighted by molar-refractivity contribution is 9.10. The SMILES string of the molecule is Cc1cc(Cl)ccc1C(=O)Nc1cc(Br)ccc1C(=O)O. The van der Waals surface area contributed by atoms with Crippen LogP contribution in [-0.2, 0) is 0 Å². The van der Waals surface area contributed by atoms with Gasteiger partial charge in [0.1, 0.15) is 0 Å². The second kappa shape index (κ2) is 6.28. The first-order valence-corrected chi connectivity index (χ1v) is 7.16. The van der Waals surface area contributed by atoms with Gasteiger partial charge in [-0.1, -0.05) is 27.5 Å². The highest BCUT2D eigenvalue weighted by atomic mass is 79.9. The maximum atomic E-state index is 12.3. The molecule has 0 aliphatic heterocycles. The zero-order valence-corrected chi connectivity index (χ0v) is 13.3. The van der Waals surface area contributed by atoms with Crippen LogP contribution in [0.2, 0.25) is 5.02 Å². The van der Waals surface area contributed by atoms with Gasteiger partial charge in [0.25, 0.3) is 5.91 Å². The molecular weight excluding hydrogens is 358 g/mol. The minimum Gasteiger partial charge on any atom is -0.478 e. The van der Waals surface area contributed by atoms with Crippen LogP contribution in [-0.4, -0.2) is 17.0 Å². The second-order valence-electron chi connectivity index (χ2n) is 4.41. The van der Waals surface area contributed by atoms with Crippen molar-refractivity contribution in [3.63, 3.8) is 0 Å². The molecule has 0 aliphatic rings. The standard InChI is InChI=1S/C15H11BrClNO3/c1-8-6-10(17)3-5-11(8)14(19)18-13-7-9(16)2-4-12(13)15(20)21/h2-7H,1H3,(H,18,19)(H,20,21). The summed E-state index contributed by atoms with van der Waals surface area (Å²) < 4.78 is 0.677. The first-order valence-electron chi connectivity index (χ1n) is 5.99. The van der Waals surface area contributed by atoms with E-state index in [1.54, 1.807) is 37.3 Å². The molecule has 0 heterocycles. The van der Waals surface area contributed by atoms with Gasteiger partial charge >= 0.3 is 5.97 Å². The van der Waals surface area contributed by atoms with E-state index in [0.717, 1.165) is 0 Å². The smallest absolute Gasteiger partial charge is 0.337 e. The van der Waals surface area contributed by atoms with E-state index in [0.29, 0.717) is 20.6 Å². The van der Waals surface area contributed by atoms with E-state index in [-0.39, 0.29) is 17.2 Å². The van der Waals surface area contributed by atoms with Gasteiger partial charge in [-0.15, -0.1) is 0 Å². The molecule has 2 N–H and O–H groups in total. The number of hydrogen-bond acceptors (Lipinski definition) is 2. The van der Waals surface area contributed by atoms with Crippen LogP contribution in [0, 0.1) is 6.92 Å². The van der Waals surface area contributed by atoms with Crippen molar-refractivity contribution in [3.8, 4) is 0 Å². The van der Waals surface area contributed by atoms with Crippen molar-refractivity contribution >= 4 is 45.1 Å². The third-order valence-electron chi connectivity index (χ3n) is 2.89. The van der Waals surface area contributed by atoms with Crippen molar-refractivity contribution < 1.29 is 14.7 Å². The molecule has 4 nitrogen and oxygen atoms in total. The lowest BCUT2D eigenvalue weighted by atomic mass is 10.1. The van der Waals surface area contributed by atoms with E-state index in [1.807, 2.05) is 0 Å². The summed E-state index contributed by atoms with van der Waals surface area (Å²) in [6.07, 6.45) is 0. The molecule has 6 heteroatoms. The summed E-state index contributed by atoms with van der Waals surface area (Å²) in [6.45, 7) is 1.76. The molecule has 0 atom stereocenters. The topological polar surface area (TPSA) is 66.4 Å². The number of carboxylic acids is 1. The number of anilines is 1. The Hall–Kier alpha value is -1.85. The number of carboxylic acid groups (broad SMARTS) is 1. The van der Waals surface area contributed by atoms with Crippen LogP contribution < -0.4 is 5.32 Å². The van der Waals surface area contributed by atoms with Gasteiger partial charge in [-0.25, -0.2) is 4.79 Å². The van der Waals surface area contributed by atoms with Gasteiger partial charge in [-0.05, 0) is 48.9 Å². The maximum absolute atomic E-state index is 12.3. The summed E-state index contributed by atoms with van der Waals surface area (Å²) in [5.41, 5.74) is 1.41. The minimum absolute atomic E-state index is 0.0261. The average Bonchev–Trinajstić information content (AvgIpc) is 2.37. The number of carbonyl (C=O) groups is 2. The molecule has 0 fully saturated rings. The fraction of sp³-hybridized carbons (Fsp3) is 0.0667. The Labute approximate surface area is 134 Å². The zero-order valence-electron chi connectivity index (χ0n) is 11.0. The molecule has 2 aromatic carbocycles. The molecule has 0 saturated carbocycles. The molecule has 0 unspecified atom stereocenters. The Balaban J connectivity index is 2.35. The van der Waals surface area contributed by atoms with Gasteiger partial charge in [-0.2, -0.15) is 0 Å². The number of halogens is 2. The van der Waals surface area contributed by atoms with Crippen LogP contribution in [0.15, 0.2) is 40.9 Å². The van der Waals surface area contributed by atoms with E-state index < -0.39 is 5.97 Å². The second-order valence-corrected chi connectivity index (χ2v) is 5.76. The average molecular weight is 369 g/mol. The molecule has 0 radical (unpaired) electrons. The van der Waals surface area contributed by atoms with Crippen LogP contribution in [0.4, 0.5) is 5.69 Å². The van der Waals surface area contributed by atoms with Crippen molar-refractivity contribution in [2.75, 3.05) is 5.32 Å². The molecule has 2 aromatic rings. The van der Waals surface area contributed by atoms with Crippen LogP contribution in [0.3, 0.4) is 0 Å². The van der Waals surface area contributed by atoms with Crippen molar-refractivity contribution in [1.82, 2.24) is 0 Å². The number of benzene rings is 2. The number of rotatable bonds is 3. The molecule has 0 aliphatic carbocycles. The Bertz CT molecular complexity index is 731. The van der Waals surface area contributed by atoms with Crippen molar-refractivity contribution in [3.05, 3.63) is 62.6 Å². The van der Waals surface area contributed by atoms with E-state index in [4.69, 9.17) is 16.7 Å². The minimum atomic E-state index is -1.11. The van der Waals surface area contributed by atoms with E-state index in [9.17, 15) is 9.59 Å². The first-order chi connectivity index (χ1) is 9.88. The van der Waals surface area contributed by atoms with E-state index in [1.165, 1.54) is 6.07 Å². The predicted octanol–water partition coefficient (Wildman–Crippen LogP) is 4.36. The number of nitrogens with one attached hydrogen (secondary N) is 1. The molecule has 108 valence electrons. The molecular formula is C15H11BrClNO3. The Morgan fingerprint density at radius 3 is 2.43 bits per heavy atom. The van der Waals surface area contributed by atoms with E-state index >= 15 is 0 Å². The highest BCUT2D eigenvalue weighted by Gasteiger charge is 2.15. The highest BCUT2D eigenvalue weighted by Crippen LogP contribution is 2.23. The number of amides is 1. The fourth-order valence-electron chi connectivity index (χ4n) is 1.88. The quantitative estimate of drug-likeness (QED) is 0.846. The molecule has 0 bridgehead atoms. The van der Waals surface area contributed by atoms with Gasteiger partial charge in [-0.3, -0.25) is 4.79 Å². The molecule has 2 rings (SSSR count). The molecule has 0 aromatic heterocycles. The summed E-state index contributed by atoms with van der Waals surface area (Å²) in [7, 11) is 0. The third-order valence-corrected chi connectivity index (χ3v) is 3.62. The summed E-state index contributed by atoms with van der Waals surface area (Å²) >= 11 is 9.11. The molecule has 21 heavy (non-hydrogen) atoms. The number of carbonyl (C=O) groups excluding carboxylic acids is 1. The maximum Gasteiger partial charge on any atom is 0.337 e. The van der Waals surface area contributed by atoms with E-state index in [2.05, 4.69) is 21.2 Å². The number of aromatic carboxylic acids is 1. The van der Waals surface area contributed by atoms with Gasteiger partial charge in [0.05, 0.1) is 11.3 Å². The lowest BCUT2D eigenvalue weighted by Gasteiger charge is -2.11. The Morgan fingerprint density at radius 1 is 1.14 bits per heavy atom. The van der Waals surface area contributed by atoms with Crippen molar-refractivity contribution in [2.45, 2.75) is 6.92 Å². The van der Waals surface area contributed by atoms with Crippen LogP contribution in [0.25, 0.3) is 0 Å².